The Morgan fingerprint density at radius 3 is 1.94 bits per heavy atom. The summed E-state index contributed by atoms with van der Waals surface area (Å²) in [4.78, 5) is 46.2. The van der Waals surface area contributed by atoms with Crippen LogP contribution in [0.25, 0.3) is 0 Å². The van der Waals surface area contributed by atoms with E-state index >= 15 is 0 Å². The van der Waals surface area contributed by atoms with Crippen LogP contribution in [-0.4, -0.2) is 26.5 Å². The van der Waals surface area contributed by atoms with Crippen molar-refractivity contribution >= 4 is 29.0 Å². The van der Waals surface area contributed by atoms with Crippen LogP contribution in [0.15, 0.2) is 45.0 Å². The highest BCUT2D eigenvalue weighted by molar-refractivity contribution is 8.03. The summed E-state index contributed by atoms with van der Waals surface area (Å²) in [7, 11) is 3.17. The van der Waals surface area contributed by atoms with E-state index in [1.807, 2.05) is 26.8 Å². The van der Waals surface area contributed by atoms with E-state index < -0.39 is 0 Å². The van der Waals surface area contributed by atoms with Crippen molar-refractivity contribution in [1.82, 2.24) is 9.13 Å². The third-order valence-electron chi connectivity index (χ3n) is 5.72. The monoisotopic (exact) mass is 517 g/mol. The number of hydrogen-bond donors (Lipinski definition) is 1. The maximum absolute atomic E-state index is 12.3. The minimum atomic E-state index is -0.306. The summed E-state index contributed by atoms with van der Waals surface area (Å²) >= 11 is 1.71. The van der Waals surface area contributed by atoms with E-state index in [0.29, 0.717) is 28.4 Å². The summed E-state index contributed by atoms with van der Waals surface area (Å²) in [5, 5.41) is 4.14. The third-order valence-corrected chi connectivity index (χ3v) is 6.81. The largest absolute Gasteiger partial charge is 0.345 e. The highest BCUT2D eigenvalue weighted by Crippen LogP contribution is 2.22. The van der Waals surface area contributed by atoms with Gasteiger partial charge in [0.05, 0.1) is 5.03 Å². The van der Waals surface area contributed by atoms with Gasteiger partial charge in [0, 0.05) is 30.9 Å². The molecule has 8 heteroatoms. The van der Waals surface area contributed by atoms with Gasteiger partial charge in [-0.3, -0.25) is 23.5 Å². The van der Waals surface area contributed by atoms with Crippen molar-refractivity contribution in [2.24, 2.45) is 20.0 Å². The standard InChI is InChI=1S/C16H27N3O2S.C10H10O2.C2H6/c1-7-11(3)9-10-22-13(8-2)17-14-12(4)18(5)16(21)19(6)15(14)20;1-7(11)9-5-3-4-6-10(9)8(2)12;1-2/h8,11,17H,7,9-10H2,1-6H3;3-6H,1-2H3;1-2H3/b13-8+;;. The third kappa shape index (κ3) is 9.64. The molecular weight excluding hydrogens is 474 g/mol. The summed E-state index contributed by atoms with van der Waals surface area (Å²) in [6.45, 7) is 15.1. The van der Waals surface area contributed by atoms with Gasteiger partial charge >= 0.3 is 5.69 Å². The first kappa shape index (κ1) is 33.1. The van der Waals surface area contributed by atoms with Crippen LogP contribution < -0.4 is 16.6 Å². The van der Waals surface area contributed by atoms with Gasteiger partial charge in [0.2, 0.25) is 0 Å². The molecule has 0 fully saturated rings. The van der Waals surface area contributed by atoms with Crippen molar-refractivity contribution in [3.05, 3.63) is 73.0 Å². The lowest BCUT2D eigenvalue weighted by atomic mass is 10.0. The van der Waals surface area contributed by atoms with Gasteiger partial charge in [-0.25, -0.2) is 4.79 Å². The quantitative estimate of drug-likeness (QED) is 0.413. The van der Waals surface area contributed by atoms with Crippen LogP contribution in [0.5, 0.6) is 0 Å². The van der Waals surface area contributed by atoms with Crippen molar-refractivity contribution in [3.8, 4) is 0 Å². The molecular formula is C28H43N3O4S. The molecule has 0 aliphatic rings. The van der Waals surface area contributed by atoms with Gasteiger partial charge in [-0.05, 0) is 45.8 Å². The molecule has 0 saturated heterocycles. The molecule has 36 heavy (non-hydrogen) atoms. The van der Waals surface area contributed by atoms with Crippen LogP contribution >= 0.6 is 11.8 Å². The number of aromatic nitrogens is 2. The van der Waals surface area contributed by atoms with E-state index in [0.717, 1.165) is 21.8 Å². The zero-order chi connectivity index (χ0) is 28.0. The number of hydrogen-bond acceptors (Lipinski definition) is 6. The number of anilines is 1. The Bertz CT molecular complexity index is 1130. The second kappa shape index (κ2) is 16.7. The summed E-state index contributed by atoms with van der Waals surface area (Å²) < 4.78 is 2.62. The second-order valence-corrected chi connectivity index (χ2v) is 9.39. The van der Waals surface area contributed by atoms with Gasteiger partial charge in [0.15, 0.2) is 11.6 Å². The van der Waals surface area contributed by atoms with Gasteiger partial charge in [0.25, 0.3) is 5.56 Å². The molecule has 2 rings (SSSR count). The van der Waals surface area contributed by atoms with Gasteiger partial charge < -0.3 is 5.32 Å². The zero-order valence-electron chi connectivity index (χ0n) is 23.5. The number of carbonyl (C=O) groups excluding carboxylic acids is 2. The molecule has 7 nitrogen and oxygen atoms in total. The lowest BCUT2D eigenvalue weighted by Gasteiger charge is -2.16. The van der Waals surface area contributed by atoms with E-state index in [1.165, 1.54) is 31.9 Å². The van der Waals surface area contributed by atoms with E-state index in [4.69, 9.17) is 0 Å². The molecule has 0 spiro atoms. The number of nitrogens with one attached hydrogen (secondary N) is 1. The second-order valence-electron chi connectivity index (χ2n) is 8.25. The maximum Gasteiger partial charge on any atom is 0.330 e. The van der Waals surface area contributed by atoms with Crippen LogP contribution in [-0.2, 0) is 14.1 Å². The van der Waals surface area contributed by atoms with Crippen LogP contribution in [0.3, 0.4) is 0 Å². The number of allylic oxidation sites excluding steroid dienone is 1. The Hall–Kier alpha value is -2.87. The topological polar surface area (TPSA) is 90.2 Å². The Labute approximate surface area is 220 Å². The normalized spacial score (nSPS) is 11.4. The van der Waals surface area contributed by atoms with Crippen LogP contribution in [0, 0.1) is 12.8 Å². The van der Waals surface area contributed by atoms with Crippen molar-refractivity contribution in [3.63, 3.8) is 0 Å². The Kier molecular flexibility index (Phi) is 15.4. The molecule has 0 aliphatic carbocycles. The predicted octanol–water partition coefficient (Wildman–Crippen LogP) is 5.95. The number of nitrogens with zero attached hydrogens (tertiary/aromatic N) is 2. The highest BCUT2D eigenvalue weighted by atomic mass is 32.2. The number of benzene rings is 1. The molecule has 200 valence electrons. The SMILES string of the molecule is C/C=C(\Nc1c(C)n(C)c(=O)n(C)c1=O)SCCC(C)CC.CC.CC(=O)c1ccccc1C(C)=O. The summed E-state index contributed by atoms with van der Waals surface area (Å²) in [5.41, 5.74) is 1.53. The van der Waals surface area contributed by atoms with Gasteiger partial charge in [-0.1, -0.05) is 64.5 Å². The number of carbonyl (C=O) groups is 2. The number of rotatable bonds is 9. The molecule has 1 atom stereocenters. The fourth-order valence-corrected chi connectivity index (χ4v) is 4.16. The molecule has 2 aromatic rings. The molecule has 0 aliphatic heterocycles. The van der Waals surface area contributed by atoms with Crippen LogP contribution in [0.4, 0.5) is 5.69 Å². The van der Waals surface area contributed by atoms with Crippen molar-refractivity contribution in [2.75, 3.05) is 11.1 Å². The molecule has 1 N–H and O–H groups in total. The van der Waals surface area contributed by atoms with Crippen molar-refractivity contribution in [1.29, 1.82) is 0 Å². The molecule has 1 aromatic heterocycles. The van der Waals surface area contributed by atoms with E-state index in [9.17, 15) is 19.2 Å². The van der Waals surface area contributed by atoms with Crippen molar-refractivity contribution < 1.29 is 9.59 Å². The molecule has 0 radical (unpaired) electrons. The first-order valence-electron chi connectivity index (χ1n) is 12.4. The molecule has 0 amide bonds. The maximum atomic E-state index is 12.3. The van der Waals surface area contributed by atoms with Crippen LogP contribution in [0.1, 0.15) is 87.7 Å². The fraction of sp³-hybridized carbons (Fsp3) is 0.500. The summed E-state index contributed by atoms with van der Waals surface area (Å²) in [6.07, 6.45) is 4.29. The fourth-order valence-electron chi connectivity index (χ4n) is 3.08. The van der Waals surface area contributed by atoms with E-state index in [-0.39, 0.29) is 22.8 Å². The smallest absolute Gasteiger partial charge is 0.330 e. The van der Waals surface area contributed by atoms with Crippen molar-refractivity contribution in [2.45, 2.75) is 68.2 Å². The summed E-state index contributed by atoms with van der Waals surface area (Å²) in [6, 6.07) is 6.84. The lowest BCUT2D eigenvalue weighted by Crippen LogP contribution is -2.39. The molecule has 1 heterocycles. The number of ketones is 2. The number of thioether (sulfide) groups is 1. The Balaban J connectivity index is 0.000000735. The van der Waals surface area contributed by atoms with Gasteiger partial charge in [-0.15, -0.1) is 11.8 Å². The highest BCUT2D eigenvalue weighted by Gasteiger charge is 2.13. The Morgan fingerprint density at radius 1 is 1.03 bits per heavy atom. The predicted molar refractivity (Wildman–Crippen MR) is 153 cm³/mol. The molecule has 0 saturated carbocycles. The Morgan fingerprint density at radius 2 is 1.53 bits per heavy atom. The number of Topliss-reactive ketones (excluding diaryl/α,β-unsaturated/α-hetero) is 2. The van der Waals surface area contributed by atoms with E-state index in [1.54, 1.807) is 50.0 Å². The first-order valence-corrected chi connectivity index (χ1v) is 13.4. The molecule has 0 bridgehead atoms. The van der Waals surface area contributed by atoms with Gasteiger partial charge in [0.1, 0.15) is 5.69 Å². The first-order chi connectivity index (χ1) is 17.0. The zero-order valence-corrected chi connectivity index (χ0v) is 24.3. The minimum Gasteiger partial charge on any atom is -0.345 e. The molecule has 1 unspecified atom stereocenters. The lowest BCUT2D eigenvalue weighted by molar-refractivity contribution is 0.0981. The van der Waals surface area contributed by atoms with Gasteiger partial charge in [-0.2, -0.15) is 0 Å². The van der Waals surface area contributed by atoms with Crippen LogP contribution in [0.2, 0.25) is 0 Å². The minimum absolute atomic E-state index is 0.0687. The summed E-state index contributed by atoms with van der Waals surface area (Å²) in [5.74, 6) is 1.58. The average Bonchev–Trinajstić information content (AvgIpc) is 2.89. The average molecular weight is 518 g/mol. The van der Waals surface area contributed by atoms with E-state index in [2.05, 4.69) is 19.2 Å². The molecule has 1 aromatic carbocycles.